The second kappa shape index (κ2) is 7.62. The first-order valence-corrected chi connectivity index (χ1v) is 8.05. The van der Waals surface area contributed by atoms with Gasteiger partial charge in [-0.2, -0.15) is 0 Å². The predicted molar refractivity (Wildman–Crippen MR) is 92.0 cm³/mol. The van der Waals surface area contributed by atoms with Crippen molar-refractivity contribution in [2.75, 3.05) is 13.7 Å². The summed E-state index contributed by atoms with van der Waals surface area (Å²) in [6, 6.07) is 15.2. The van der Waals surface area contributed by atoms with E-state index < -0.39 is 0 Å². The quantitative estimate of drug-likeness (QED) is 0.820. The third-order valence-corrected chi connectivity index (χ3v) is 3.97. The van der Waals surface area contributed by atoms with E-state index in [-0.39, 0.29) is 0 Å². The van der Waals surface area contributed by atoms with E-state index in [4.69, 9.17) is 4.74 Å². The van der Waals surface area contributed by atoms with Crippen LogP contribution in [0.25, 0.3) is 0 Å². The van der Waals surface area contributed by atoms with E-state index >= 15 is 0 Å². The first-order valence-electron chi connectivity index (χ1n) is 7.25. The number of nitrogens with one attached hydrogen (secondary N) is 1. The molecule has 0 aliphatic rings. The van der Waals surface area contributed by atoms with Gasteiger partial charge in [-0.15, -0.1) is 0 Å². The van der Waals surface area contributed by atoms with E-state index in [1.807, 2.05) is 12.1 Å². The number of ether oxygens (including phenoxy) is 1. The van der Waals surface area contributed by atoms with Crippen molar-refractivity contribution in [3.63, 3.8) is 0 Å². The maximum absolute atomic E-state index is 5.22. The number of hydrogen-bond donors (Lipinski definition) is 1. The molecule has 21 heavy (non-hydrogen) atoms. The van der Waals surface area contributed by atoms with Crippen molar-refractivity contribution in [1.82, 2.24) is 5.32 Å². The maximum Gasteiger partial charge on any atom is 0.118 e. The molecule has 0 bridgehead atoms. The third-order valence-electron chi connectivity index (χ3n) is 3.52. The summed E-state index contributed by atoms with van der Waals surface area (Å²) < 4.78 is 6.35. The van der Waals surface area contributed by atoms with Gasteiger partial charge in [0.25, 0.3) is 0 Å². The first kappa shape index (κ1) is 16.1. The fraction of sp³-hybridized carbons (Fsp3) is 0.333. The fourth-order valence-corrected chi connectivity index (χ4v) is 3.14. The van der Waals surface area contributed by atoms with Crippen molar-refractivity contribution in [3.05, 3.63) is 63.6 Å². The van der Waals surface area contributed by atoms with Gasteiger partial charge in [-0.1, -0.05) is 41.1 Å². The van der Waals surface area contributed by atoms with Gasteiger partial charge >= 0.3 is 0 Å². The SMILES string of the molecule is CCNC(Cc1ccc(OC)cc1)c1cc(C)cc(Br)c1. The molecule has 0 aliphatic carbocycles. The second-order valence-corrected chi connectivity index (χ2v) is 6.14. The Hall–Kier alpha value is -1.32. The van der Waals surface area contributed by atoms with Crippen LogP contribution in [0.3, 0.4) is 0 Å². The molecular formula is C18H22BrNO. The highest BCUT2D eigenvalue weighted by atomic mass is 79.9. The molecule has 1 atom stereocenters. The minimum atomic E-state index is 0.319. The second-order valence-electron chi connectivity index (χ2n) is 5.22. The van der Waals surface area contributed by atoms with Crippen LogP contribution in [-0.2, 0) is 6.42 Å². The highest BCUT2D eigenvalue weighted by molar-refractivity contribution is 9.10. The Labute approximate surface area is 135 Å². The van der Waals surface area contributed by atoms with Crippen LogP contribution in [0.4, 0.5) is 0 Å². The topological polar surface area (TPSA) is 21.3 Å². The van der Waals surface area contributed by atoms with E-state index in [2.05, 4.69) is 65.4 Å². The summed E-state index contributed by atoms with van der Waals surface area (Å²) in [6.45, 7) is 5.23. The normalized spacial score (nSPS) is 12.2. The van der Waals surface area contributed by atoms with Crippen molar-refractivity contribution in [2.24, 2.45) is 0 Å². The van der Waals surface area contributed by atoms with Crippen LogP contribution in [0.5, 0.6) is 5.75 Å². The van der Waals surface area contributed by atoms with Gasteiger partial charge in [0.15, 0.2) is 0 Å². The lowest BCUT2D eigenvalue weighted by atomic mass is 9.97. The van der Waals surface area contributed by atoms with Crippen molar-refractivity contribution in [3.8, 4) is 5.75 Å². The molecule has 0 saturated heterocycles. The Morgan fingerprint density at radius 3 is 2.43 bits per heavy atom. The van der Waals surface area contributed by atoms with E-state index in [9.17, 15) is 0 Å². The van der Waals surface area contributed by atoms with Gasteiger partial charge in [0.05, 0.1) is 7.11 Å². The summed E-state index contributed by atoms with van der Waals surface area (Å²) in [5, 5.41) is 3.58. The number of benzene rings is 2. The van der Waals surface area contributed by atoms with E-state index in [1.54, 1.807) is 7.11 Å². The summed E-state index contributed by atoms with van der Waals surface area (Å²) in [5.74, 6) is 0.900. The highest BCUT2D eigenvalue weighted by Crippen LogP contribution is 2.24. The third kappa shape index (κ3) is 4.58. The lowest BCUT2D eigenvalue weighted by Gasteiger charge is -2.19. The van der Waals surface area contributed by atoms with Gasteiger partial charge < -0.3 is 10.1 Å². The van der Waals surface area contributed by atoms with Crippen molar-refractivity contribution in [1.29, 1.82) is 0 Å². The molecule has 2 aromatic rings. The van der Waals surface area contributed by atoms with Gasteiger partial charge in [0.2, 0.25) is 0 Å². The number of aryl methyl sites for hydroxylation is 1. The molecule has 0 amide bonds. The molecule has 0 saturated carbocycles. The van der Waals surface area contributed by atoms with Gasteiger partial charge in [0.1, 0.15) is 5.75 Å². The smallest absolute Gasteiger partial charge is 0.118 e. The van der Waals surface area contributed by atoms with Crippen LogP contribution in [0.15, 0.2) is 46.9 Å². The Morgan fingerprint density at radius 1 is 1.14 bits per heavy atom. The molecule has 0 heterocycles. The van der Waals surface area contributed by atoms with E-state index in [1.165, 1.54) is 16.7 Å². The molecule has 0 radical (unpaired) electrons. The summed E-state index contributed by atoms with van der Waals surface area (Å²) in [4.78, 5) is 0. The molecule has 1 N–H and O–H groups in total. The van der Waals surface area contributed by atoms with Crippen LogP contribution in [0, 0.1) is 6.92 Å². The zero-order valence-corrected chi connectivity index (χ0v) is 14.4. The van der Waals surface area contributed by atoms with Gasteiger partial charge in [-0.25, -0.2) is 0 Å². The molecular weight excluding hydrogens is 326 g/mol. The van der Waals surface area contributed by atoms with Crippen LogP contribution >= 0.6 is 15.9 Å². The van der Waals surface area contributed by atoms with Crippen LogP contribution in [0.1, 0.15) is 29.7 Å². The molecule has 2 rings (SSSR count). The summed E-state index contributed by atoms with van der Waals surface area (Å²) in [5.41, 5.74) is 3.90. The van der Waals surface area contributed by atoms with Gasteiger partial charge in [-0.3, -0.25) is 0 Å². The van der Waals surface area contributed by atoms with Gasteiger partial charge in [0, 0.05) is 10.5 Å². The van der Waals surface area contributed by atoms with Gasteiger partial charge in [-0.05, 0) is 60.8 Å². The van der Waals surface area contributed by atoms with Crippen molar-refractivity contribution in [2.45, 2.75) is 26.3 Å². The van der Waals surface area contributed by atoms with Crippen LogP contribution < -0.4 is 10.1 Å². The van der Waals surface area contributed by atoms with Crippen molar-refractivity contribution < 1.29 is 4.74 Å². The molecule has 0 spiro atoms. The number of halogens is 1. The number of rotatable bonds is 6. The molecule has 0 aliphatic heterocycles. The number of hydrogen-bond acceptors (Lipinski definition) is 2. The zero-order valence-electron chi connectivity index (χ0n) is 12.8. The molecule has 2 aromatic carbocycles. The minimum Gasteiger partial charge on any atom is -0.497 e. The summed E-state index contributed by atoms with van der Waals surface area (Å²) >= 11 is 3.59. The molecule has 112 valence electrons. The Balaban J connectivity index is 2.21. The minimum absolute atomic E-state index is 0.319. The lowest BCUT2D eigenvalue weighted by Crippen LogP contribution is -2.23. The largest absolute Gasteiger partial charge is 0.497 e. The van der Waals surface area contributed by atoms with Crippen molar-refractivity contribution >= 4 is 15.9 Å². The highest BCUT2D eigenvalue weighted by Gasteiger charge is 2.12. The molecule has 2 nitrogen and oxygen atoms in total. The Bertz CT molecular complexity index is 560. The number of likely N-dealkylation sites (N-methyl/N-ethyl adjacent to an activating group) is 1. The van der Waals surface area contributed by atoms with Crippen LogP contribution in [0.2, 0.25) is 0 Å². The van der Waals surface area contributed by atoms with E-state index in [0.29, 0.717) is 6.04 Å². The Kier molecular flexibility index (Phi) is 5.83. The monoisotopic (exact) mass is 347 g/mol. The summed E-state index contributed by atoms with van der Waals surface area (Å²) in [7, 11) is 1.70. The first-order chi connectivity index (χ1) is 10.1. The lowest BCUT2D eigenvalue weighted by molar-refractivity contribution is 0.414. The maximum atomic E-state index is 5.22. The number of methoxy groups -OCH3 is 1. The molecule has 3 heteroatoms. The average molecular weight is 348 g/mol. The molecule has 1 unspecified atom stereocenters. The standard InChI is InChI=1S/C18H22BrNO/c1-4-20-18(15-9-13(2)10-16(19)12-15)11-14-5-7-17(21-3)8-6-14/h5-10,12,18,20H,4,11H2,1-3H3. The molecule has 0 aromatic heterocycles. The zero-order chi connectivity index (χ0) is 15.2. The predicted octanol–water partition coefficient (Wildman–Crippen LogP) is 4.66. The average Bonchev–Trinajstić information content (AvgIpc) is 2.46. The fourth-order valence-electron chi connectivity index (χ4n) is 2.52. The molecule has 0 fully saturated rings. The van der Waals surface area contributed by atoms with Crippen LogP contribution in [-0.4, -0.2) is 13.7 Å². The Morgan fingerprint density at radius 2 is 1.86 bits per heavy atom. The summed E-state index contributed by atoms with van der Waals surface area (Å²) in [6.07, 6.45) is 0.966. The van der Waals surface area contributed by atoms with E-state index in [0.717, 1.165) is 23.2 Å².